The highest BCUT2D eigenvalue weighted by atomic mass is 14.2. The Hall–Kier alpha value is -0.770. The minimum Gasteiger partial charge on any atom is -0.193 e. The zero-order valence-corrected chi connectivity index (χ0v) is 7.56. The van der Waals surface area contributed by atoms with E-state index in [1.165, 1.54) is 18.4 Å². The third-order valence-electron chi connectivity index (χ3n) is 1.69. The normalized spacial score (nSPS) is 11.2. The molecule has 0 N–H and O–H groups in total. The van der Waals surface area contributed by atoms with Crippen LogP contribution in [-0.2, 0) is 0 Å². The van der Waals surface area contributed by atoms with Crippen molar-refractivity contribution in [3.63, 3.8) is 0 Å². The molecule has 62 valence electrons. The molecule has 0 unspecified atom stereocenters. The summed E-state index contributed by atoms with van der Waals surface area (Å²) in [5, 5.41) is 8.44. The van der Waals surface area contributed by atoms with Crippen LogP contribution in [0.4, 0.5) is 0 Å². The zero-order chi connectivity index (χ0) is 8.53. The number of nitriles is 1. The van der Waals surface area contributed by atoms with Crippen LogP contribution >= 0.6 is 0 Å². The molecule has 0 bridgehead atoms. The van der Waals surface area contributed by atoms with Crippen LogP contribution in [0.15, 0.2) is 11.6 Å². The Morgan fingerprint density at radius 2 is 2.00 bits per heavy atom. The Bertz CT molecular complexity index is 151. The van der Waals surface area contributed by atoms with Crippen LogP contribution in [0.25, 0.3) is 0 Å². The summed E-state index contributed by atoms with van der Waals surface area (Å²) in [5.74, 6) is 0. The molecule has 0 rings (SSSR count). The second-order valence-electron chi connectivity index (χ2n) is 2.79. The molecule has 0 fully saturated rings. The van der Waals surface area contributed by atoms with Crippen molar-refractivity contribution in [2.75, 3.05) is 0 Å². The van der Waals surface area contributed by atoms with Gasteiger partial charge in [0.05, 0.1) is 6.07 Å². The topological polar surface area (TPSA) is 23.8 Å². The molecule has 1 heteroatoms. The average Bonchev–Trinajstić information content (AvgIpc) is 2.01. The van der Waals surface area contributed by atoms with Gasteiger partial charge in [0.15, 0.2) is 0 Å². The molecule has 0 amide bonds. The van der Waals surface area contributed by atoms with E-state index in [4.69, 9.17) is 5.26 Å². The van der Waals surface area contributed by atoms with E-state index in [1.807, 2.05) is 0 Å². The molecular weight excluding hydrogens is 134 g/mol. The molecule has 11 heavy (non-hydrogen) atoms. The number of hydrogen-bond donors (Lipinski definition) is 0. The van der Waals surface area contributed by atoms with Gasteiger partial charge in [-0.2, -0.15) is 5.26 Å². The van der Waals surface area contributed by atoms with Crippen molar-refractivity contribution in [1.82, 2.24) is 0 Å². The number of nitrogens with zero attached hydrogens (tertiary/aromatic N) is 1. The van der Waals surface area contributed by atoms with E-state index in [2.05, 4.69) is 19.9 Å². The van der Waals surface area contributed by atoms with Crippen LogP contribution < -0.4 is 0 Å². The second-order valence-corrected chi connectivity index (χ2v) is 2.79. The first-order chi connectivity index (χ1) is 5.35. The minimum atomic E-state index is 1.09. The highest BCUT2D eigenvalue weighted by molar-refractivity contribution is 5.13. The summed E-state index contributed by atoms with van der Waals surface area (Å²) in [6.45, 7) is 4.33. The molecule has 0 saturated carbocycles. The molecule has 0 saturated heterocycles. The van der Waals surface area contributed by atoms with E-state index in [0.29, 0.717) is 0 Å². The van der Waals surface area contributed by atoms with Gasteiger partial charge in [-0.25, -0.2) is 0 Å². The van der Waals surface area contributed by atoms with Crippen molar-refractivity contribution < 1.29 is 0 Å². The summed E-state index contributed by atoms with van der Waals surface area (Å²) >= 11 is 0. The molecule has 0 aromatic rings. The van der Waals surface area contributed by atoms with Gasteiger partial charge >= 0.3 is 0 Å². The van der Waals surface area contributed by atoms with Crippen LogP contribution in [0.5, 0.6) is 0 Å². The molecule has 0 heterocycles. The van der Waals surface area contributed by atoms with E-state index >= 15 is 0 Å². The van der Waals surface area contributed by atoms with Gasteiger partial charge in [-0.3, -0.25) is 0 Å². The summed E-state index contributed by atoms with van der Waals surface area (Å²) < 4.78 is 0. The van der Waals surface area contributed by atoms with Crippen LogP contribution in [0, 0.1) is 11.3 Å². The largest absolute Gasteiger partial charge is 0.193 e. The van der Waals surface area contributed by atoms with Crippen LogP contribution in [0.2, 0.25) is 0 Å². The van der Waals surface area contributed by atoms with Gasteiger partial charge < -0.3 is 0 Å². The lowest BCUT2D eigenvalue weighted by Gasteiger charge is -2.01. The van der Waals surface area contributed by atoms with Crippen molar-refractivity contribution in [3.05, 3.63) is 11.6 Å². The van der Waals surface area contributed by atoms with E-state index in [0.717, 1.165) is 19.3 Å². The highest BCUT2D eigenvalue weighted by Crippen LogP contribution is 2.12. The van der Waals surface area contributed by atoms with Gasteiger partial charge in [0.1, 0.15) is 0 Å². The summed E-state index contributed by atoms with van der Waals surface area (Å²) in [5.41, 5.74) is 1.32. The summed E-state index contributed by atoms with van der Waals surface area (Å²) in [4.78, 5) is 0. The van der Waals surface area contributed by atoms with Crippen LogP contribution in [-0.4, -0.2) is 0 Å². The predicted octanol–water partition coefficient (Wildman–Crippen LogP) is 3.43. The fourth-order valence-electron chi connectivity index (χ4n) is 1.09. The molecule has 0 radical (unpaired) electrons. The number of hydrogen-bond acceptors (Lipinski definition) is 1. The van der Waals surface area contributed by atoms with Gasteiger partial charge in [0, 0.05) is 6.08 Å². The predicted molar refractivity (Wildman–Crippen MR) is 48.1 cm³/mol. The SMILES string of the molecule is CCCCC(=CC#N)CCC. The molecule has 0 spiro atoms. The minimum absolute atomic E-state index is 1.09. The van der Waals surface area contributed by atoms with E-state index < -0.39 is 0 Å². The average molecular weight is 151 g/mol. The number of allylic oxidation sites excluding steroid dienone is 2. The van der Waals surface area contributed by atoms with Gasteiger partial charge in [0.2, 0.25) is 0 Å². The lowest BCUT2D eigenvalue weighted by atomic mass is 10.0. The van der Waals surface area contributed by atoms with Crippen molar-refractivity contribution in [1.29, 1.82) is 5.26 Å². The maximum Gasteiger partial charge on any atom is 0.0911 e. The van der Waals surface area contributed by atoms with Crippen molar-refractivity contribution in [2.45, 2.75) is 46.0 Å². The molecule has 0 aromatic heterocycles. The fraction of sp³-hybridized carbons (Fsp3) is 0.700. The summed E-state index contributed by atoms with van der Waals surface area (Å²) in [6.07, 6.45) is 7.49. The molecule has 0 aliphatic heterocycles. The van der Waals surface area contributed by atoms with Gasteiger partial charge in [-0.15, -0.1) is 0 Å². The van der Waals surface area contributed by atoms with E-state index in [-0.39, 0.29) is 0 Å². The molecule has 0 aromatic carbocycles. The zero-order valence-electron chi connectivity index (χ0n) is 7.56. The third-order valence-corrected chi connectivity index (χ3v) is 1.69. The van der Waals surface area contributed by atoms with Gasteiger partial charge in [0.25, 0.3) is 0 Å². The fourth-order valence-corrected chi connectivity index (χ4v) is 1.09. The summed E-state index contributed by atoms with van der Waals surface area (Å²) in [7, 11) is 0. The maximum absolute atomic E-state index is 8.44. The molecule has 0 aliphatic carbocycles. The van der Waals surface area contributed by atoms with Crippen LogP contribution in [0.3, 0.4) is 0 Å². The Balaban J connectivity index is 3.72. The maximum atomic E-state index is 8.44. The Morgan fingerprint density at radius 1 is 1.27 bits per heavy atom. The molecular formula is C10H17N. The first-order valence-corrected chi connectivity index (χ1v) is 4.42. The lowest BCUT2D eigenvalue weighted by Crippen LogP contribution is -1.82. The molecule has 0 atom stereocenters. The summed E-state index contributed by atoms with van der Waals surface area (Å²) in [6, 6.07) is 2.10. The van der Waals surface area contributed by atoms with Crippen molar-refractivity contribution >= 4 is 0 Å². The van der Waals surface area contributed by atoms with E-state index in [1.54, 1.807) is 6.08 Å². The Labute approximate surface area is 69.7 Å². The third kappa shape index (κ3) is 5.66. The van der Waals surface area contributed by atoms with Crippen molar-refractivity contribution in [2.24, 2.45) is 0 Å². The monoisotopic (exact) mass is 151 g/mol. The second kappa shape index (κ2) is 7.34. The van der Waals surface area contributed by atoms with Gasteiger partial charge in [-0.1, -0.05) is 32.3 Å². The lowest BCUT2D eigenvalue weighted by molar-refractivity contribution is 0.743. The quantitative estimate of drug-likeness (QED) is 0.552. The Kier molecular flexibility index (Phi) is 6.82. The number of rotatable bonds is 5. The smallest absolute Gasteiger partial charge is 0.0911 e. The molecule has 0 aliphatic rings. The standard InChI is InChI=1S/C10H17N/c1-3-5-7-10(6-4-2)8-9-11/h8H,3-7H2,1-2H3. The number of unbranched alkanes of at least 4 members (excludes halogenated alkanes) is 1. The Morgan fingerprint density at radius 3 is 2.45 bits per heavy atom. The van der Waals surface area contributed by atoms with Crippen LogP contribution in [0.1, 0.15) is 46.0 Å². The first kappa shape index (κ1) is 10.2. The van der Waals surface area contributed by atoms with Crippen molar-refractivity contribution in [3.8, 4) is 6.07 Å². The highest BCUT2D eigenvalue weighted by Gasteiger charge is 1.94. The van der Waals surface area contributed by atoms with E-state index in [9.17, 15) is 0 Å². The van der Waals surface area contributed by atoms with Gasteiger partial charge in [-0.05, 0) is 19.3 Å². The first-order valence-electron chi connectivity index (χ1n) is 4.42. The molecule has 1 nitrogen and oxygen atoms in total.